The van der Waals surface area contributed by atoms with Gasteiger partial charge in [0.1, 0.15) is 5.78 Å². The summed E-state index contributed by atoms with van der Waals surface area (Å²) in [5, 5.41) is 3.56. The Morgan fingerprint density at radius 2 is 2.08 bits per heavy atom. The molecule has 13 heavy (non-hydrogen) atoms. The first-order valence-electron chi connectivity index (χ1n) is 5.45. The Balaban J connectivity index is 2.06. The molecule has 0 amide bonds. The van der Waals surface area contributed by atoms with Crippen molar-refractivity contribution in [2.45, 2.75) is 51.6 Å². The molecule has 4 atom stereocenters. The van der Waals surface area contributed by atoms with Gasteiger partial charge in [-0.05, 0) is 32.1 Å². The lowest BCUT2D eigenvalue weighted by molar-refractivity contribution is -0.127. The minimum absolute atomic E-state index is 0.340. The van der Waals surface area contributed by atoms with Gasteiger partial charge in [0.25, 0.3) is 0 Å². The molecule has 74 valence electrons. The predicted molar refractivity (Wildman–Crippen MR) is 52.5 cm³/mol. The fraction of sp³-hybridized carbons (Fsp3) is 0.909. The topological polar surface area (TPSA) is 29.1 Å². The van der Waals surface area contributed by atoms with Gasteiger partial charge >= 0.3 is 0 Å². The maximum absolute atomic E-state index is 11.7. The standard InChI is InChI=1S/C11H19NO/c1-7-3-4-9-10(5-7)12-8(2)6-11(9)13/h7-10,12H,3-6H2,1-2H3. The van der Waals surface area contributed by atoms with E-state index in [1.165, 1.54) is 12.8 Å². The number of carbonyl (C=O) groups excluding carboxylic acids is 1. The van der Waals surface area contributed by atoms with Gasteiger partial charge in [0.2, 0.25) is 0 Å². The molecule has 0 aromatic carbocycles. The molecule has 4 unspecified atom stereocenters. The largest absolute Gasteiger partial charge is 0.310 e. The number of piperidine rings is 1. The SMILES string of the molecule is CC1CCC2C(=O)CC(C)NC2C1. The van der Waals surface area contributed by atoms with Crippen LogP contribution in [0.4, 0.5) is 0 Å². The molecule has 1 heterocycles. The Kier molecular flexibility index (Phi) is 2.41. The van der Waals surface area contributed by atoms with Crippen molar-refractivity contribution in [3.05, 3.63) is 0 Å². The van der Waals surface area contributed by atoms with Crippen LogP contribution in [0, 0.1) is 11.8 Å². The molecule has 2 heteroatoms. The van der Waals surface area contributed by atoms with Gasteiger partial charge in [-0.3, -0.25) is 4.79 Å². The Morgan fingerprint density at radius 3 is 2.85 bits per heavy atom. The highest BCUT2D eigenvalue weighted by Gasteiger charge is 2.37. The molecule has 0 aromatic heterocycles. The van der Waals surface area contributed by atoms with E-state index in [-0.39, 0.29) is 0 Å². The average molecular weight is 181 g/mol. The summed E-state index contributed by atoms with van der Waals surface area (Å²) >= 11 is 0. The fourth-order valence-electron chi connectivity index (χ4n) is 2.83. The second kappa shape index (κ2) is 3.41. The summed E-state index contributed by atoms with van der Waals surface area (Å²) in [6.45, 7) is 4.41. The number of hydrogen-bond donors (Lipinski definition) is 1. The smallest absolute Gasteiger partial charge is 0.139 e. The molecule has 2 aliphatic rings. The minimum Gasteiger partial charge on any atom is -0.310 e. The molecule has 2 fully saturated rings. The predicted octanol–water partition coefficient (Wildman–Crippen LogP) is 1.74. The van der Waals surface area contributed by atoms with Gasteiger partial charge < -0.3 is 5.32 Å². The second-order valence-corrected chi connectivity index (χ2v) is 4.87. The zero-order chi connectivity index (χ0) is 9.42. The van der Waals surface area contributed by atoms with Gasteiger partial charge in [-0.15, -0.1) is 0 Å². The summed E-state index contributed by atoms with van der Waals surface area (Å²) in [7, 11) is 0. The van der Waals surface area contributed by atoms with Gasteiger partial charge in [-0.2, -0.15) is 0 Å². The van der Waals surface area contributed by atoms with Crippen molar-refractivity contribution in [2.24, 2.45) is 11.8 Å². The lowest BCUT2D eigenvalue weighted by Crippen LogP contribution is -2.53. The highest BCUT2D eigenvalue weighted by atomic mass is 16.1. The number of hydrogen-bond acceptors (Lipinski definition) is 2. The first-order valence-corrected chi connectivity index (χ1v) is 5.45. The lowest BCUT2D eigenvalue weighted by atomic mass is 9.73. The summed E-state index contributed by atoms with van der Waals surface area (Å²) < 4.78 is 0. The van der Waals surface area contributed by atoms with Crippen molar-refractivity contribution in [3.63, 3.8) is 0 Å². The van der Waals surface area contributed by atoms with Crippen LogP contribution in [0.5, 0.6) is 0 Å². The number of nitrogens with one attached hydrogen (secondary N) is 1. The van der Waals surface area contributed by atoms with Crippen LogP contribution in [0.3, 0.4) is 0 Å². The van der Waals surface area contributed by atoms with Crippen molar-refractivity contribution < 1.29 is 4.79 Å². The monoisotopic (exact) mass is 181 g/mol. The van der Waals surface area contributed by atoms with E-state index in [9.17, 15) is 4.79 Å². The highest BCUT2D eigenvalue weighted by molar-refractivity contribution is 5.83. The lowest BCUT2D eigenvalue weighted by Gasteiger charge is -2.40. The summed E-state index contributed by atoms with van der Waals surface area (Å²) in [5.41, 5.74) is 0. The molecular formula is C11H19NO. The molecule has 0 bridgehead atoms. The first kappa shape index (κ1) is 9.20. The second-order valence-electron chi connectivity index (χ2n) is 4.87. The molecule has 0 aromatic rings. The Bertz CT molecular complexity index is 212. The van der Waals surface area contributed by atoms with Gasteiger partial charge in [-0.1, -0.05) is 6.92 Å². The first-order chi connectivity index (χ1) is 6.16. The van der Waals surface area contributed by atoms with Crippen LogP contribution in [-0.4, -0.2) is 17.9 Å². The van der Waals surface area contributed by atoms with E-state index >= 15 is 0 Å². The molecule has 1 aliphatic carbocycles. The van der Waals surface area contributed by atoms with Crippen molar-refractivity contribution in [2.75, 3.05) is 0 Å². The molecule has 2 nitrogen and oxygen atoms in total. The Morgan fingerprint density at radius 1 is 1.31 bits per heavy atom. The van der Waals surface area contributed by atoms with Crippen molar-refractivity contribution in [1.29, 1.82) is 0 Å². The van der Waals surface area contributed by atoms with Crippen molar-refractivity contribution in [3.8, 4) is 0 Å². The molecule has 1 saturated carbocycles. The van der Waals surface area contributed by atoms with E-state index in [0.717, 1.165) is 18.8 Å². The maximum Gasteiger partial charge on any atom is 0.139 e. The van der Waals surface area contributed by atoms with E-state index in [1.807, 2.05) is 0 Å². The number of ketones is 1. The van der Waals surface area contributed by atoms with Gasteiger partial charge in [-0.25, -0.2) is 0 Å². The summed E-state index contributed by atoms with van der Waals surface area (Å²) in [6, 6.07) is 0.888. The van der Waals surface area contributed by atoms with E-state index in [1.54, 1.807) is 0 Å². The molecule has 1 aliphatic heterocycles. The minimum atomic E-state index is 0.340. The van der Waals surface area contributed by atoms with E-state index in [2.05, 4.69) is 19.2 Å². The van der Waals surface area contributed by atoms with Crippen LogP contribution in [0.25, 0.3) is 0 Å². The molecular weight excluding hydrogens is 162 g/mol. The van der Waals surface area contributed by atoms with Crippen LogP contribution >= 0.6 is 0 Å². The van der Waals surface area contributed by atoms with E-state index in [4.69, 9.17) is 0 Å². The molecule has 1 saturated heterocycles. The summed E-state index contributed by atoms with van der Waals surface area (Å²) in [5.74, 6) is 1.64. The van der Waals surface area contributed by atoms with Crippen LogP contribution in [0.1, 0.15) is 39.5 Å². The number of Topliss-reactive ketones (excluding diaryl/α,β-unsaturated/α-hetero) is 1. The number of carbonyl (C=O) groups is 1. The van der Waals surface area contributed by atoms with Crippen LogP contribution in [-0.2, 0) is 4.79 Å². The Hall–Kier alpha value is -0.370. The molecule has 0 radical (unpaired) electrons. The zero-order valence-electron chi connectivity index (χ0n) is 8.55. The fourth-order valence-corrected chi connectivity index (χ4v) is 2.83. The number of fused-ring (bicyclic) bond motifs is 1. The van der Waals surface area contributed by atoms with Crippen LogP contribution < -0.4 is 5.32 Å². The summed E-state index contributed by atoms with van der Waals surface area (Å²) in [4.78, 5) is 11.7. The van der Waals surface area contributed by atoms with Crippen molar-refractivity contribution >= 4 is 5.78 Å². The summed E-state index contributed by atoms with van der Waals surface area (Å²) in [6.07, 6.45) is 4.30. The van der Waals surface area contributed by atoms with Gasteiger partial charge in [0, 0.05) is 24.4 Å². The zero-order valence-corrected chi connectivity index (χ0v) is 8.55. The van der Waals surface area contributed by atoms with Crippen LogP contribution in [0.2, 0.25) is 0 Å². The van der Waals surface area contributed by atoms with E-state index in [0.29, 0.717) is 23.8 Å². The molecule has 1 N–H and O–H groups in total. The van der Waals surface area contributed by atoms with Crippen molar-refractivity contribution in [1.82, 2.24) is 5.32 Å². The molecule has 2 rings (SSSR count). The third-order valence-electron chi connectivity index (χ3n) is 3.53. The number of rotatable bonds is 0. The normalized spacial score (nSPS) is 45.8. The van der Waals surface area contributed by atoms with Gasteiger partial charge in [0.05, 0.1) is 0 Å². The highest BCUT2D eigenvalue weighted by Crippen LogP contribution is 2.33. The van der Waals surface area contributed by atoms with E-state index < -0.39 is 0 Å². The maximum atomic E-state index is 11.7. The quantitative estimate of drug-likeness (QED) is 0.616. The van der Waals surface area contributed by atoms with Crippen LogP contribution in [0.15, 0.2) is 0 Å². The van der Waals surface area contributed by atoms with Gasteiger partial charge in [0.15, 0.2) is 0 Å². The average Bonchev–Trinajstić information content (AvgIpc) is 2.02. The third-order valence-corrected chi connectivity index (χ3v) is 3.53. The third kappa shape index (κ3) is 1.78. The Labute approximate surface area is 80.1 Å². The molecule has 0 spiro atoms.